The molecule has 0 heterocycles. The van der Waals surface area contributed by atoms with Crippen molar-refractivity contribution in [1.82, 2.24) is 0 Å². The second-order valence-corrected chi connectivity index (χ2v) is 4.87. The van der Waals surface area contributed by atoms with Crippen LogP contribution in [0.2, 0.25) is 0 Å². The molecule has 0 fully saturated rings. The van der Waals surface area contributed by atoms with Crippen LogP contribution >= 0.6 is 0 Å². The molecule has 9 heteroatoms. The van der Waals surface area contributed by atoms with E-state index < -0.39 is 17.4 Å². The number of carbonyl (C=O) groups excluding carboxylic acids is 2. The highest BCUT2D eigenvalue weighted by atomic mass is 16.4. The van der Waals surface area contributed by atoms with E-state index >= 15 is 0 Å². The molecule has 0 aliphatic carbocycles. The number of hydrogen-bond acceptors (Lipinski definition) is 7. The quantitative estimate of drug-likeness (QED) is 0.365. The van der Waals surface area contributed by atoms with E-state index in [4.69, 9.17) is 25.5 Å². The third kappa shape index (κ3) is 20.2. The summed E-state index contributed by atoms with van der Waals surface area (Å²) in [6.07, 6.45) is -0.128. The zero-order chi connectivity index (χ0) is 19.1. The summed E-state index contributed by atoms with van der Waals surface area (Å²) in [5.41, 5.74) is -0.667. The van der Waals surface area contributed by atoms with E-state index in [2.05, 4.69) is 0 Å². The van der Waals surface area contributed by atoms with Gasteiger partial charge in [0.15, 0.2) is 0 Å². The lowest BCUT2D eigenvalue weighted by Crippen LogP contribution is -2.32. The zero-order valence-electron chi connectivity index (χ0n) is 13.6. The lowest BCUT2D eigenvalue weighted by Gasteiger charge is -2.24. The second-order valence-electron chi connectivity index (χ2n) is 4.87. The van der Waals surface area contributed by atoms with Gasteiger partial charge >= 0.3 is 11.9 Å². The molecule has 0 unspecified atom stereocenters. The number of carboxylic acids is 2. The Hall–Kier alpha value is -1.84. The van der Waals surface area contributed by atoms with Crippen molar-refractivity contribution in [2.75, 3.05) is 19.8 Å². The SMILES string of the molecule is CC(=O)CC(=O)O.CC(=O)CC(=O)O.CCC(CO)(CO)CO. The normalized spacial score (nSPS) is 9.65. The smallest absolute Gasteiger partial charge is 0.310 e. The Bertz CT molecular complexity index is 305. The Morgan fingerprint density at radius 3 is 1.00 bits per heavy atom. The molecule has 0 aliphatic heterocycles. The van der Waals surface area contributed by atoms with Crippen LogP contribution in [0.4, 0.5) is 0 Å². The van der Waals surface area contributed by atoms with Crippen molar-refractivity contribution >= 4 is 23.5 Å². The molecule has 136 valence electrons. The number of aliphatic carboxylic acids is 2. The van der Waals surface area contributed by atoms with Crippen molar-refractivity contribution in [3.8, 4) is 0 Å². The van der Waals surface area contributed by atoms with Crippen molar-refractivity contribution in [2.24, 2.45) is 5.41 Å². The number of Topliss-reactive ketones (excluding diaryl/α,β-unsaturated/α-hetero) is 2. The molecule has 0 radical (unpaired) electrons. The number of hydrogen-bond donors (Lipinski definition) is 5. The molecule has 0 aliphatic rings. The van der Waals surface area contributed by atoms with E-state index in [-0.39, 0.29) is 44.2 Å². The number of aliphatic hydroxyl groups is 3. The van der Waals surface area contributed by atoms with Crippen molar-refractivity contribution < 1.29 is 44.7 Å². The fourth-order valence-electron chi connectivity index (χ4n) is 0.911. The van der Waals surface area contributed by atoms with Gasteiger partial charge in [-0.1, -0.05) is 6.92 Å². The van der Waals surface area contributed by atoms with Gasteiger partial charge in [0.05, 0.1) is 19.8 Å². The summed E-state index contributed by atoms with van der Waals surface area (Å²) in [5, 5.41) is 41.7. The Morgan fingerprint density at radius 2 is 1.00 bits per heavy atom. The summed E-state index contributed by atoms with van der Waals surface area (Å²) >= 11 is 0. The van der Waals surface area contributed by atoms with Crippen LogP contribution < -0.4 is 0 Å². The monoisotopic (exact) mass is 338 g/mol. The van der Waals surface area contributed by atoms with Crippen molar-refractivity contribution in [3.05, 3.63) is 0 Å². The molecule has 0 atom stereocenters. The molecule has 0 spiro atoms. The van der Waals surface area contributed by atoms with Crippen LogP contribution in [0, 0.1) is 5.41 Å². The summed E-state index contributed by atoms with van der Waals surface area (Å²) < 4.78 is 0. The minimum Gasteiger partial charge on any atom is -0.481 e. The molecule has 0 bridgehead atoms. The summed E-state index contributed by atoms with van der Waals surface area (Å²) in [7, 11) is 0. The lowest BCUT2D eigenvalue weighted by molar-refractivity contribution is -0.141. The molecule has 0 amide bonds. The van der Waals surface area contributed by atoms with E-state index in [0.717, 1.165) is 0 Å². The fourth-order valence-corrected chi connectivity index (χ4v) is 0.911. The minimum atomic E-state index is -1.06. The predicted molar refractivity (Wildman–Crippen MR) is 79.8 cm³/mol. The van der Waals surface area contributed by atoms with Gasteiger partial charge in [-0.05, 0) is 20.3 Å². The molecule has 0 saturated heterocycles. The Labute approximate surface area is 134 Å². The molecular formula is C14H26O9. The van der Waals surface area contributed by atoms with Crippen molar-refractivity contribution in [2.45, 2.75) is 40.0 Å². The van der Waals surface area contributed by atoms with Crippen LogP contribution in [0.5, 0.6) is 0 Å². The van der Waals surface area contributed by atoms with Crippen LogP contribution in [0.1, 0.15) is 40.0 Å². The summed E-state index contributed by atoms with van der Waals surface area (Å²) in [6.45, 7) is 3.84. The molecule has 0 aromatic heterocycles. The van der Waals surface area contributed by atoms with Crippen LogP contribution in [-0.2, 0) is 19.2 Å². The average Bonchev–Trinajstić information content (AvgIpc) is 2.40. The Kier molecular flexibility index (Phi) is 17.1. The van der Waals surface area contributed by atoms with Gasteiger partial charge < -0.3 is 25.5 Å². The Morgan fingerprint density at radius 1 is 0.739 bits per heavy atom. The summed E-state index contributed by atoms with van der Waals surface area (Å²) in [4.78, 5) is 38.9. The van der Waals surface area contributed by atoms with E-state index in [1.165, 1.54) is 13.8 Å². The largest absolute Gasteiger partial charge is 0.481 e. The number of ketones is 2. The van der Waals surface area contributed by atoms with E-state index in [1.54, 1.807) is 0 Å². The maximum atomic E-state index is 9.87. The van der Waals surface area contributed by atoms with Crippen LogP contribution in [0.25, 0.3) is 0 Å². The molecule has 0 saturated carbocycles. The molecule has 0 aromatic rings. The highest BCUT2D eigenvalue weighted by Crippen LogP contribution is 2.18. The molecule has 0 rings (SSSR count). The molecule has 0 aromatic carbocycles. The van der Waals surface area contributed by atoms with Gasteiger partial charge in [-0.3, -0.25) is 19.2 Å². The van der Waals surface area contributed by atoms with Crippen molar-refractivity contribution in [1.29, 1.82) is 0 Å². The topological polar surface area (TPSA) is 169 Å². The Balaban J connectivity index is -0.000000264. The minimum absolute atomic E-state index is 0.156. The number of carbonyl (C=O) groups is 4. The lowest BCUT2D eigenvalue weighted by atomic mass is 9.88. The second kappa shape index (κ2) is 15.1. The fraction of sp³-hybridized carbons (Fsp3) is 0.714. The van der Waals surface area contributed by atoms with Crippen LogP contribution in [0.3, 0.4) is 0 Å². The van der Waals surface area contributed by atoms with Crippen molar-refractivity contribution in [3.63, 3.8) is 0 Å². The first-order valence-electron chi connectivity index (χ1n) is 6.75. The average molecular weight is 338 g/mol. The van der Waals surface area contributed by atoms with Gasteiger partial charge in [0.25, 0.3) is 0 Å². The van der Waals surface area contributed by atoms with Gasteiger partial charge in [-0.25, -0.2) is 0 Å². The zero-order valence-corrected chi connectivity index (χ0v) is 13.6. The first kappa shape index (κ1) is 26.1. The molecule has 23 heavy (non-hydrogen) atoms. The maximum Gasteiger partial charge on any atom is 0.310 e. The molecular weight excluding hydrogens is 312 g/mol. The molecule has 9 nitrogen and oxygen atoms in total. The predicted octanol–water partition coefficient (Wildman–Crippen LogP) is -0.540. The van der Waals surface area contributed by atoms with Gasteiger partial charge in [0, 0.05) is 5.41 Å². The highest BCUT2D eigenvalue weighted by Gasteiger charge is 2.24. The third-order valence-corrected chi connectivity index (χ3v) is 2.56. The third-order valence-electron chi connectivity index (χ3n) is 2.56. The van der Waals surface area contributed by atoms with E-state index in [0.29, 0.717) is 6.42 Å². The number of aliphatic hydroxyl groups excluding tert-OH is 3. The number of carboxylic acid groups (broad SMARTS) is 2. The maximum absolute atomic E-state index is 9.87. The van der Waals surface area contributed by atoms with Crippen LogP contribution in [-0.4, -0.2) is 68.9 Å². The summed E-state index contributed by atoms with van der Waals surface area (Å²) in [5.74, 6) is -2.75. The first-order valence-corrected chi connectivity index (χ1v) is 6.75. The first-order chi connectivity index (χ1) is 10.5. The number of rotatable bonds is 8. The van der Waals surface area contributed by atoms with Gasteiger partial charge in [-0.2, -0.15) is 0 Å². The van der Waals surface area contributed by atoms with Gasteiger partial charge in [0.1, 0.15) is 24.4 Å². The van der Waals surface area contributed by atoms with E-state index in [9.17, 15) is 19.2 Å². The van der Waals surface area contributed by atoms with E-state index in [1.807, 2.05) is 6.92 Å². The standard InChI is InChI=1S/C6H14O3.2C4H6O3/c1-2-6(3-7,4-8)5-9;2*1-3(5)2-4(6)7/h7-9H,2-5H2,1H3;2*2H2,1H3,(H,6,7). The molecule has 5 N–H and O–H groups in total. The highest BCUT2D eigenvalue weighted by molar-refractivity contribution is 5.93. The van der Waals surface area contributed by atoms with Crippen LogP contribution in [0.15, 0.2) is 0 Å². The summed E-state index contributed by atoms with van der Waals surface area (Å²) in [6, 6.07) is 0. The van der Waals surface area contributed by atoms with Gasteiger partial charge in [0.2, 0.25) is 0 Å². The van der Waals surface area contributed by atoms with Gasteiger partial charge in [-0.15, -0.1) is 0 Å².